The fraction of sp³-hybridized carbons (Fsp3) is 0.364. The maximum Gasteiger partial charge on any atom is 0.309 e. The Morgan fingerprint density at radius 3 is 2.79 bits per heavy atom. The standard InChI is InChI=1S/C11H12O3/c1-6-3-2-4-7-8(6)5-9(10(7)12)11(13)14/h2-4,9-10,12H,5H2,1H3,(H,13,14). The van der Waals surface area contributed by atoms with Gasteiger partial charge in [0.1, 0.15) is 0 Å². The molecule has 0 aromatic heterocycles. The molecule has 1 aromatic rings. The van der Waals surface area contributed by atoms with E-state index in [1.165, 1.54) is 0 Å². The molecule has 2 atom stereocenters. The lowest BCUT2D eigenvalue weighted by molar-refractivity contribution is -0.145. The third-order valence-corrected chi connectivity index (χ3v) is 2.89. The predicted octanol–water partition coefficient (Wildman–Crippen LogP) is 1.29. The van der Waals surface area contributed by atoms with Crippen molar-refractivity contribution in [2.75, 3.05) is 0 Å². The van der Waals surface area contributed by atoms with E-state index in [2.05, 4.69) is 0 Å². The second kappa shape index (κ2) is 3.10. The maximum atomic E-state index is 10.8. The molecular weight excluding hydrogens is 180 g/mol. The van der Waals surface area contributed by atoms with Crippen molar-refractivity contribution in [2.45, 2.75) is 19.4 Å². The van der Waals surface area contributed by atoms with Crippen LogP contribution in [0.25, 0.3) is 0 Å². The van der Waals surface area contributed by atoms with Gasteiger partial charge in [0.2, 0.25) is 0 Å². The van der Waals surface area contributed by atoms with Crippen LogP contribution in [0.2, 0.25) is 0 Å². The summed E-state index contributed by atoms with van der Waals surface area (Å²) in [5.74, 6) is -1.60. The largest absolute Gasteiger partial charge is 0.481 e. The number of benzene rings is 1. The Labute approximate surface area is 82.0 Å². The molecule has 0 amide bonds. The van der Waals surface area contributed by atoms with Crippen molar-refractivity contribution in [3.8, 4) is 0 Å². The molecule has 0 spiro atoms. The van der Waals surface area contributed by atoms with Crippen LogP contribution < -0.4 is 0 Å². The van der Waals surface area contributed by atoms with Crippen LogP contribution >= 0.6 is 0 Å². The first-order chi connectivity index (χ1) is 6.61. The molecule has 2 rings (SSSR count). The Hall–Kier alpha value is -1.35. The van der Waals surface area contributed by atoms with Gasteiger partial charge < -0.3 is 10.2 Å². The van der Waals surface area contributed by atoms with Gasteiger partial charge in [-0.1, -0.05) is 18.2 Å². The van der Waals surface area contributed by atoms with E-state index in [1.54, 1.807) is 6.07 Å². The van der Waals surface area contributed by atoms with E-state index in [0.29, 0.717) is 6.42 Å². The van der Waals surface area contributed by atoms with E-state index in [1.807, 2.05) is 19.1 Å². The fourth-order valence-corrected chi connectivity index (χ4v) is 2.05. The Kier molecular flexibility index (Phi) is 2.04. The van der Waals surface area contributed by atoms with Gasteiger partial charge in [0.15, 0.2) is 0 Å². The van der Waals surface area contributed by atoms with Gasteiger partial charge in [-0.3, -0.25) is 4.79 Å². The van der Waals surface area contributed by atoms with Gasteiger partial charge in [0.05, 0.1) is 12.0 Å². The number of hydrogen-bond acceptors (Lipinski definition) is 2. The van der Waals surface area contributed by atoms with Crippen LogP contribution in [-0.4, -0.2) is 16.2 Å². The van der Waals surface area contributed by atoms with Gasteiger partial charge in [-0.05, 0) is 30.0 Å². The van der Waals surface area contributed by atoms with E-state index in [9.17, 15) is 9.90 Å². The summed E-state index contributed by atoms with van der Waals surface area (Å²) in [5.41, 5.74) is 2.83. The van der Waals surface area contributed by atoms with Crippen LogP contribution in [0, 0.1) is 12.8 Å². The highest BCUT2D eigenvalue weighted by atomic mass is 16.4. The summed E-state index contributed by atoms with van der Waals surface area (Å²) in [5, 5.41) is 18.6. The smallest absolute Gasteiger partial charge is 0.309 e. The van der Waals surface area contributed by atoms with Crippen molar-refractivity contribution < 1.29 is 15.0 Å². The minimum absolute atomic E-state index is 0.443. The van der Waals surface area contributed by atoms with Crippen LogP contribution in [0.3, 0.4) is 0 Å². The molecule has 2 unspecified atom stereocenters. The first-order valence-corrected chi connectivity index (χ1v) is 4.60. The molecule has 0 heterocycles. The lowest BCUT2D eigenvalue weighted by Gasteiger charge is -2.08. The third kappa shape index (κ3) is 1.21. The Bertz CT molecular complexity index is 384. The van der Waals surface area contributed by atoms with Crippen LogP contribution in [-0.2, 0) is 11.2 Å². The third-order valence-electron chi connectivity index (χ3n) is 2.89. The van der Waals surface area contributed by atoms with Crippen molar-refractivity contribution in [2.24, 2.45) is 5.92 Å². The highest BCUT2D eigenvalue weighted by Gasteiger charge is 2.36. The van der Waals surface area contributed by atoms with Crippen LogP contribution in [0.4, 0.5) is 0 Å². The minimum Gasteiger partial charge on any atom is -0.481 e. The van der Waals surface area contributed by atoms with Crippen molar-refractivity contribution in [1.82, 2.24) is 0 Å². The Balaban J connectivity index is 2.45. The number of fused-ring (bicyclic) bond motifs is 1. The highest BCUT2D eigenvalue weighted by molar-refractivity contribution is 5.73. The predicted molar refractivity (Wildman–Crippen MR) is 51.0 cm³/mol. The number of aryl methyl sites for hydroxylation is 1. The number of hydrogen-bond donors (Lipinski definition) is 2. The molecular formula is C11H12O3. The maximum absolute atomic E-state index is 10.8. The van der Waals surface area contributed by atoms with Gasteiger partial charge in [-0.15, -0.1) is 0 Å². The average molecular weight is 192 g/mol. The summed E-state index contributed by atoms with van der Waals surface area (Å²) in [4.78, 5) is 10.8. The quantitative estimate of drug-likeness (QED) is 0.704. The average Bonchev–Trinajstić information content (AvgIpc) is 2.46. The second-order valence-electron chi connectivity index (χ2n) is 3.74. The van der Waals surface area contributed by atoms with Gasteiger partial charge >= 0.3 is 5.97 Å². The van der Waals surface area contributed by atoms with Gasteiger partial charge in [0.25, 0.3) is 0 Å². The summed E-state index contributed by atoms with van der Waals surface area (Å²) in [6, 6.07) is 5.59. The van der Waals surface area contributed by atoms with Crippen LogP contribution in [0.15, 0.2) is 18.2 Å². The molecule has 0 fully saturated rings. The molecule has 2 N–H and O–H groups in total. The normalized spacial score (nSPS) is 24.7. The van der Waals surface area contributed by atoms with Crippen molar-refractivity contribution >= 4 is 5.97 Å². The number of aliphatic hydroxyl groups excluding tert-OH is 1. The SMILES string of the molecule is Cc1cccc2c1CC(C(=O)O)C2O. The summed E-state index contributed by atoms with van der Waals surface area (Å²) in [6.07, 6.45) is -0.402. The van der Waals surface area contributed by atoms with Crippen molar-refractivity contribution in [3.05, 3.63) is 34.9 Å². The van der Waals surface area contributed by atoms with E-state index in [-0.39, 0.29) is 0 Å². The summed E-state index contributed by atoms with van der Waals surface area (Å²) < 4.78 is 0. The summed E-state index contributed by atoms with van der Waals surface area (Å²) >= 11 is 0. The van der Waals surface area contributed by atoms with Gasteiger partial charge in [-0.25, -0.2) is 0 Å². The topological polar surface area (TPSA) is 57.5 Å². The summed E-state index contributed by atoms with van der Waals surface area (Å²) in [6.45, 7) is 1.94. The molecule has 74 valence electrons. The second-order valence-corrected chi connectivity index (χ2v) is 3.74. The number of carboxylic acid groups (broad SMARTS) is 1. The minimum atomic E-state index is -0.923. The number of carbonyl (C=O) groups is 1. The molecule has 1 aliphatic carbocycles. The van der Waals surface area contributed by atoms with Gasteiger partial charge in [-0.2, -0.15) is 0 Å². The van der Waals surface area contributed by atoms with Crippen LogP contribution in [0.5, 0.6) is 0 Å². The highest BCUT2D eigenvalue weighted by Crippen LogP contribution is 2.37. The van der Waals surface area contributed by atoms with E-state index >= 15 is 0 Å². The van der Waals surface area contributed by atoms with E-state index < -0.39 is 18.0 Å². The van der Waals surface area contributed by atoms with E-state index in [4.69, 9.17) is 5.11 Å². The first-order valence-electron chi connectivity index (χ1n) is 4.60. The first kappa shape index (κ1) is 9.21. The molecule has 0 bridgehead atoms. The molecule has 1 aliphatic rings. The van der Waals surface area contributed by atoms with E-state index in [0.717, 1.165) is 16.7 Å². The molecule has 0 aliphatic heterocycles. The van der Waals surface area contributed by atoms with Crippen LogP contribution in [0.1, 0.15) is 22.8 Å². The zero-order valence-corrected chi connectivity index (χ0v) is 7.90. The molecule has 1 aromatic carbocycles. The van der Waals surface area contributed by atoms with Crippen molar-refractivity contribution in [3.63, 3.8) is 0 Å². The van der Waals surface area contributed by atoms with Crippen molar-refractivity contribution in [1.29, 1.82) is 0 Å². The molecule has 3 heteroatoms. The number of rotatable bonds is 1. The number of aliphatic carboxylic acids is 1. The molecule has 14 heavy (non-hydrogen) atoms. The number of aliphatic hydroxyl groups is 1. The van der Waals surface area contributed by atoms with Gasteiger partial charge in [0, 0.05) is 0 Å². The molecule has 0 radical (unpaired) electrons. The zero-order valence-electron chi connectivity index (χ0n) is 7.90. The monoisotopic (exact) mass is 192 g/mol. The molecule has 3 nitrogen and oxygen atoms in total. The Morgan fingerprint density at radius 1 is 1.50 bits per heavy atom. The molecule has 0 saturated heterocycles. The Morgan fingerprint density at radius 2 is 2.21 bits per heavy atom. The number of carboxylic acids is 1. The fourth-order valence-electron chi connectivity index (χ4n) is 2.05. The zero-order chi connectivity index (χ0) is 10.3. The molecule has 0 saturated carbocycles. The lowest BCUT2D eigenvalue weighted by Crippen LogP contribution is -2.17. The summed E-state index contributed by atoms with van der Waals surface area (Å²) in [7, 11) is 0. The lowest BCUT2D eigenvalue weighted by atomic mass is 10.0.